The van der Waals surface area contributed by atoms with Gasteiger partial charge in [-0.15, -0.1) is 0 Å². The molecule has 3 aromatic rings. The van der Waals surface area contributed by atoms with Gasteiger partial charge in [0, 0.05) is 12.5 Å². The Bertz CT molecular complexity index is 935. The first-order chi connectivity index (χ1) is 11.6. The predicted molar refractivity (Wildman–Crippen MR) is 89.5 cm³/mol. The van der Waals surface area contributed by atoms with E-state index in [2.05, 4.69) is 16.4 Å². The van der Waals surface area contributed by atoms with Gasteiger partial charge in [-0.2, -0.15) is 9.38 Å². The van der Waals surface area contributed by atoms with Gasteiger partial charge in [0.1, 0.15) is 5.75 Å². The first-order valence-electron chi connectivity index (χ1n) is 7.77. The van der Waals surface area contributed by atoms with Crippen molar-refractivity contribution < 1.29 is 9.66 Å². The molecule has 122 valence electrons. The summed E-state index contributed by atoms with van der Waals surface area (Å²) >= 11 is 0. The van der Waals surface area contributed by atoms with Gasteiger partial charge in [-0.25, -0.2) is 0 Å². The number of fused-ring (bicyclic) bond motifs is 2. The number of aromatic nitrogens is 2. The average molecular weight is 324 g/mol. The van der Waals surface area contributed by atoms with Crippen LogP contribution in [-0.2, 0) is 6.42 Å². The second kappa shape index (κ2) is 5.52. The minimum Gasteiger partial charge on any atom is -0.493 e. The highest BCUT2D eigenvalue weighted by Gasteiger charge is 2.24. The van der Waals surface area contributed by atoms with Crippen LogP contribution in [0.2, 0.25) is 0 Å². The van der Waals surface area contributed by atoms with E-state index in [4.69, 9.17) is 4.74 Å². The molecule has 24 heavy (non-hydrogen) atoms. The van der Waals surface area contributed by atoms with E-state index < -0.39 is 4.92 Å². The second-order valence-electron chi connectivity index (χ2n) is 5.80. The van der Waals surface area contributed by atoms with Crippen molar-refractivity contribution in [2.24, 2.45) is 0 Å². The molecule has 0 amide bonds. The molecule has 7 heteroatoms. The highest BCUT2D eigenvalue weighted by atomic mass is 16.6. The van der Waals surface area contributed by atoms with E-state index in [9.17, 15) is 10.1 Å². The maximum Gasteiger partial charge on any atom is 0.372 e. The topological polar surface area (TPSA) is 81.7 Å². The van der Waals surface area contributed by atoms with Crippen molar-refractivity contribution in [1.82, 2.24) is 9.38 Å². The van der Waals surface area contributed by atoms with E-state index in [0.717, 1.165) is 17.7 Å². The van der Waals surface area contributed by atoms with Gasteiger partial charge >= 0.3 is 5.82 Å². The Morgan fingerprint density at radius 3 is 3.08 bits per heavy atom. The normalized spacial score (nSPS) is 14.2. The summed E-state index contributed by atoms with van der Waals surface area (Å²) < 4.78 is 6.99. The zero-order valence-corrected chi connectivity index (χ0v) is 13.1. The van der Waals surface area contributed by atoms with Crippen molar-refractivity contribution in [2.75, 3.05) is 11.9 Å². The Morgan fingerprint density at radius 2 is 2.25 bits per heavy atom. The maximum absolute atomic E-state index is 11.5. The average Bonchev–Trinajstić information content (AvgIpc) is 3.17. The first-order valence-corrected chi connectivity index (χ1v) is 7.77. The molecule has 3 heterocycles. The van der Waals surface area contributed by atoms with Crippen molar-refractivity contribution in [3.05, 3.63) is 63.8 Å². The van der Waals surface area contributed by atoms with E-state index in [1.807, 2.05) is 19.1 Å². The number of benzene rings is 1. The van der Waals surface area contributed by atoms with Crippen LogP contribution in [0.1, 0.15) is 24.1 Å². The summed E-state index contributed by atoms with van der Waals surface area (Å²) in [5.41, 5.74) is 2.76. The van der Waals surface area contributed by atoms with Gasteiger partial charge in [-0.3, -0.25) is 0 Å². The molecule has 7 nitrogen and oxygen atoms in total. The summed E-state index contributed by atoms with van der Waals surface area (Å²) in [6, 6.07) is 11.2. The molecule has 4 rings (SSSR count). The maximum atomic E-state index is 11.5. The third-order valence-electron chi connectivity index (χ3n) is 4.24. The third kappa shape index (κ3) is 2.34. The number of hydrogen-bond acceptors (Lipinski definition) is 5. The van der Waals surface area contributed by atoms with Crippen molar-refractivity contribution >= 4 is 17.3 Å². The molecule has 1 N–H and O–H groups in total. The lowest BCUT2D eigenvalue weighted by atomic mass is 10.0. The molecule has 2 aromatic heterocycles. The molecule has 1 aromatic carbocycles. The lowest BCUT2D eigenvalue weighted by Crippen LogP contribution is -2.09. The summed E-state index contributed by atoms with van der Waals surface area (Å²) in [4.78, 5) is 15.4. The molecule has 0 bridgehead atoms. The van der Waals surface area contributed by atoms with Gasteiger partial charge in [0.15, 0.2) is 0 Å². The number of nitrogens with zero attached hydrogens (tertiary/aromatic N) is 3. The molecule has 1 aliphatic heterocycles. The predicted octanol–water partition coefficient (Wildman–Crippen LogP) is 3.35. The Labute approximate surface area is 138 Å². The van der Waals surface area contributed by atoms with Gasteiger partial charge in [-0.05, 0) is 41.2 Å². The zero-order valence-electron chi connectivity index (χ0n) is 13.1. The summed E-state index contributed by atoms with van der Waals surface area (Å²) in [5.74, 6) is 1.14. The van der Waals surface area contributed by atoms with E-state index in [-0.39, 0.29) is 17.7 Å². The number of nitrogens with one attached hydrogen (secondary N) is 1. The van der Waals surface area contributed by atoms with E-state index in [1.165, 1.54) is 9.96 Å². The van der Waals surface area contributed by atoms with E-state index in [1.54, 1.807) is 24.4 Å². The highest BCUT2D eigenvalue weighted by Crippen LogP contribution is 2.32. The van der Waals surface area contributed by atoms with Crippen LogP contribution >= 0.6 is 0 Å². The number of hydrogen-bond donors (Lipinski definition) is 1. The van der Waals surface area contributed by atoms with Crippen LogP contribution in [-0.4, -0.2) is 20.9 Å². The highest BCUT2D eigenvalue weighted by molar-refractivity contribution is 5.62. The number of rotatable bonds is 4. The number of pyridine rings is 1. The van der Waals surface area contributed by atoms with Gasteiger partial charge in [0.2, 0.25) is 11.5 Å². The molecule has 0 aliphatic carbocycles. The number of nitro groups is 1. The van der Waals surface area contributed by atoms with Crippen LogP contribution in [0, 0.1) is 10.1 Å². The monoisotopic (exact) mass is 324 g/mol. The van der Waals surface area contributed by atoms with Gasteiger partial charge in [-0.1, -0.05) is 12.1 Å². The van der Waals surface area contributed by atoms with Crippen LogP contribution < -0.4 is 10.1 Å². The minimum absolute atomic E-state index is 0.0538. The van der Waals surface area contributed by atoms with Crippen molar-refractivity contribution in [3.8, 4) is 5.75 Å². The fraction of sp³-hybridized carbons (Fsp3) is 0.235. The first kappa shape index (κ1) is 14.5. The Hall–Kier alpha value is -3.09. The molecule has 0 radical (unpaired) electrons. The molecular weight excluding hydrogens is 308 g/mol. The zero-order chi connectivity index (χ0) is 16.7. The summed E-state index contributed by atoms with van der Waals surface area (Å²) in [6.07, 6.45) is 2.54. The van der Waals surface area contributed by atoms with E-state index >= 15 is 0 Å². The summed E-state index contributed by atoms with van der Waals surface area (Å²) in [5, 5.41) is 14.6. The third-order valence-corrected chi connectivity index (χ3v) is 4.24. The molecule has 0 fully saturated rings. The van der Waals surface area contributed by atoms with Gasteiger partial charge in [0.05, 0.1) is 18.8 Å². The van der Waals surface area contributed by atoms with Crippen molar-refractivity contribution in [3.63, 3.8) is 0 Å². The molecule has 0 unspecified atom stereocenters. The van der Waals surface area contributed by atoms with Crippen LogP contribution in [0.3, 0.4) is 0 Å². The van der Waals surface area contributed by atoms with Crippen LogP contribution in [0.5, 0.6) is 5.75 Å². The van der Waals surface area contributed by atoms with Crippen LogP contribution in [0.4, 0.5) is 11.6 Å². The van der Waals surface area contributed by atoms with Crippen molar-refractivity contribution in [1.29, 1.82) is 0 Å². The molecule has 0 saturated carbocycles. The Morgan fingerprint density at radius 1 is 1.38 bits per heavy atom. The lowest BCUT2D eigenvalue weighted by molar-refractivity contribution is -0.389. The number of imidazole rings is 1. The summed E-state index contributed by atoms with van der Waals surface area (Å²) in [7, 11) is 0. The standard InChI is InChI=1S/C17H16N4O3/c1-11(12-5-6-14-13(10-12)7-9-24-14)18-16-17(21(22)23)20-8-3-2-4-15(20)19-16/h2-6,8,10-11,18H,7,9H2,1H3/t11-/m1/s1. The van der Waals surface area contributed by atoms with Gasteiger partial charge < -0.3 is 20.2 Å². The van der Waals surface area contributed by atoms with Crippen LogP contribution in [0.15, 0.2) is 42.6 Å². The van der Waals surface area contributed by atoms with Crippen molar-refractivity contribution in [2.45, 2.75) is 19.4 Å². The largest absolute Gasteiger partial charge is 0.493 e. The van der Waals surface area contributed by atoms with E-state index in [0.29, 0.717) is 12.3 Å². The minimum atomic E-state index is -0.411. The number of ether oxygens (including phenoxy) is 1. The Balaban J connectivity index is 1.68. The smallest absolute Gasteiger partial charge is 0.372 e. The van der Waals surface area contributed by atoms with Crippen LogP contribution in [0.25, 0.3) is 5.65 Å². The summed E-state index contributed by atoms with van der Waals surface area (Å²) in [6.45, 7) is 2.67. The molecule has 1 aliphatic rings. The molecule has 0 saturated heterocycles. The lowest BCUT2D eigenvalue weighted by Gasteiger charge is -2.14. The van der Waals surface area contributed by atoms with Gasteiger partial charge in [0.25, 0.3) is 0 Å². The molecular formula is C17H16N4O3. The second-order valence-corrected chi connectivity index (χ2v) is 5.80. The SMILES string of the molecule is C[C@@H](Nc1nc2ccccn2c1[N+](=O)[O-])c1ccc2c(c1)CCO2. The fourth-order valence-corrected chi connectivity index (χ4v) is 3.02. The number of anilines is 1. The molecule has 1 atom stereocenters. The fourth-order valence-electron chi connectivity index (χ4n) is 3.02. The Kier molecular flexibility index (Phi) is 3.34. The molecule has 0 spiro atoms. The quantitative estimate of drug-likeness (QED) is 0.588.